The maximum absolute atomic E-state index is 11.9. The molecule has 0 bridgehead atoms. The summed E-state index contributed by atoms with van der Waals surface area (Å²) in [6.45, 7) is 1.97. The quantitative estimate of drug-likeness (QED) is 0.407. The molecule has 0 amide bonds. The number of hydrogen-bond donors (Lipinski definition) is 0. The van der Waals surface area contributed by atoms with E-state index in [1.54, 1.807) is 18.5 Å². The maximum atomic E-state index is 11.9. The van der Waals surface area contributed by atoms with Crippen LogP contribution < -0.4 is 5.63 Å². The number of nitrogens with zero attached hydrogens (tertiary/aromatic N) is 4. The summed E-state index contributed by atoms with van der Waals surface area (Å²) in [6.07, 6.45) is 3.46. The molecule has 0 spiro atoms. The van der Waals surface area contributed by atoms with Crippen molar-refractivity contribution in [1.29, 1.82) is 0 Å². The standard InChI is InChI=1S/C19H16N4O2S/c1-12-3-4-15-14(10-17(24)25-16(15)9-12)11-26-19-22-21-18(23(19)2)13-5-7-20-8-6-13/h3-10H,11H2,1-2H3. The van der Waals surface area contributed by atoms with Crippen LogP contribution in [0.5, 0.6) is 0 Å². The average Bonchev–Trinajstić information content (AvgIpc) is 3.00. The zero-order chi connectivity index (χ0) is 18.1. The van der Waals surface area contributed by atoms with E-state index in [2.05, 4.69) is 15.2 Å². The van der Waals surface area contributed by atoms with Crippen molar-refractivity contribution in [3.8, 4) is 11.4 Å². The zero-order valence-electron chi connectivity index (χ0n) is 14.3. The topological polar surface area (TPSA) is 73.8 Å². The first-order chi connectivity index (χ1) is 12.6. The molecule has 0 radical (unpaired) electrons. The van der Waals surface area contributed by atoms with Crippen LogP contribution in [0.15, 0.2) is 63.2 Å². The Morgan fingerprint density at radius 3 is 2.73 bits per heavy atom. The lowest BCUT2D eigenvalue weighted by molar-refractivity contribution is 0.559. The number of benzene rings is 1. The molecule has 0 saturated heterocycles. The van der Waals surface area contributed by atoms with Crippen molar-refractivity contribution < 1.29 is 4.42 Å². The third-order valence-corrected chi connectivity index (χ3v) is 5.18. The van der Waals surface area contributed by atoms with E-state index >= 15 is 0 Å². The normalized spacial score (nSPS) is 11.2. The molecule has 3 aromatic heterocycles. The second-order valence-electron chi connectivity index (χ2n) is 5.98. The summed E-state index contributed by atoms with van der Waals surface area (Å²) in [6, 6.07) is 11.2. The lowest BCUT2D eigenvalue weighted by Crippen LogP contribution is -2.01. The Hall–Kier alpha value is -2.93. The number of aromatic nitrogens is 4. The molecule has 130 valence electrons. The number of aryl methyl sites for hydroxylation is 1. The molecule has 0 N–H and O–H groups in total. The molecule has 7 heteroatoms. The Bertz CT molecular complexity index is 1140. The molecule has 0 fully saturated rings. The van der Waals surface area contributed by atoms with E-state index in [4.69, 9.17) is 4.42 Å². The Labute approximate surface area is 153 Å². The van der Waals surface area contributed by atoms with Gasteiger partial charge in [0.1, 0.15) is 5.58 Å². The summed E-state index contributed by atoms with van der Waals surface area (Å²) in [5.74, 6) is 1.39. The van der Waals surface area contributed by atoms with E-state index in [9.17, 15) is 4.79 Å². The van der Waals surface area contributed by atoms with Gasteiger partial charge in [-0.05, 0) is 36.2 Å². The van der Waals surface area contributed by atoms with Crippen molar-refractivity contribution in [1.82, 2.24) is 19.7 Å². The number of thioether (sulfide) groups is 1. The van der Waals surface area contributed by atoms with Crippen molar-refractivity contribution in [2.45, 2.75) is 17.8 Å². The molecule has 0 atom stereocenters. The molecule has 0 aliphatic rings. The molecule has 0 unspecified atom stereocenters. The van der Waals surface area contributed by atoms with Crippen molar-refractivity contribution >= 4 is 22.7 Å². The van der Waals surface area contributed by atoms with Gasteiger partial charge in [-0.2, -0.15) is 0 Å². The summed E-state index contributed by atoms with van der Waals surface area (Å²) in [7, 11) is 1.93. The van der Waals surface area contributed by atoms with Crippen LogP contribution in [-0.2, 0) is 12.8 Å². The molecule has 0 aliphatic heterocycles. The minimum absolute atomic E-state index is 0.339. The van der Waals surface area contributed by atoms with Gasteiger partial charge in [-0.25, -0.2) is 4.79 Å². The van der Waals surface area contributed by atoms with Gasteiger partial charge >= 0.3 is 5.63 Å². The molecule has 3 heterocycles. The van der Waals surface area contributed by atoms with Crippen LogP contribution in [0.2, 0.25) is 0 Å². The minimum Gasteiger partial charge on any atom is -0.423 e. The predicted molar refractivity (Wildman–Crippen MR) is 101 cm³/mol. The van der Waals surface area contributed by atoms with Gasteiger partial charge in [-0.1, -0.05) is 23.9 Å². The zero-order valence-corrected chi connectivity index (χ0v) is 15.2. The first kappa shape index (κ1) is 16.5. The van der Waals surface area contributed by atoms with Gasteiger partial charge in [0.2, 0.25) is 0 Å². The summed E-state index contributed by atoms with van der Waals surface area (Å²) >= 11 is 1.54. The summed E-state index contributed by atoms with van der Waals surface area (Å²) in [5.41, 5.74) is 3.22. The number of hydrogen-bond acceptors (Lipinski definition) is 6. The number of fused-ring (bicyclic) bond motifs is 1. The summed E-state index contributed by atoms with van der Waals surface area (Å²) < 4.78 is 7.26. The van der Waals surface area contributed by atoms with Gasteiger partial charge in [0.15, 0.2) is 11.0 Å². The molecular weight excluding hydrogens is 348 g/mol. The predicted octanol–water partition coefficient (Wildman–Crippen LogP) is 3.58. The first-order valence-corrected chi connectivity index (χ1v) is 9.06. The molecule has 26 heavy (non-hydrogen) atoms. The smallest absolute Gasteiger partial charge is 0.336 e. The maximum Gasteiger partial charge on any atom is 0.336 e. The number of pyridine rings is 1. The van der Waals surface area contributed by atoms with Crippen LogP contribution in [-0.4, -0.2) is 19.7 Å². The molecule has 4 rings (SSSR count). The minimum atomic E-state index is -0.339. The molecule has 0 saturated carbocycles. The Morgan fingerprint density at radius 1 is 1.12 bits per heavy atom. The summed E-state index contributed by atoms with van der Waals surface area (Å²) in [4.78, 5) is 15.9. The highest BCUT2D eigenvalue weighted by atomic mass is 32.2. The lowest BCUT2D eigenvalue weighted by Gasteiger charge is -2.06. The fourth-order valence-corrected chi connectivity index (χ4v) is 3.69. The van der Waals surface area contributed by atoms with Crippen molar-refractivity contribution in [2.24, 2.45) is 7.05 Å². The molecule has 0 aliphatic carbocycles. The second-order valence-corrected chi connectivity index (χ2v) is 6.92. The average molecular weight is 364 g/mol. The van der Waals surface area contributed by atoms with Crippen LogP contribution in [0.1, 0.15) is 11.1 Å². The highest BCUT2D eigenvalue weighted by Gasteiger charge is 2.13. The first-order valence-electron chi connectivity index (χ1n) is 8.08. The van der Waals surface area contributed by atoms with E-state index in [1.165, 1.54) is 11.8 Å². The van der Waals surface area contributed by atoms with Crippen molar-refractivity contribution in [3.05, 3.63) is 70.3 Å². The molecule has 4 aromatic rings. The van der Waals surface area contributed by atoms with Gasteiger partial charge in [0, 0.05) is 42.2 Å². The Kier molecular flexibility index (Phi) is 4.30. The highest BCUT2D eigenvalue weighted by molar-refractivity contribution is 7.98. The fourth-order valence-electron chi connectivity index (χ4n) is 2.79. The van der Waals surface area contributed by atoms with Crippen LogP contribution >= 0.6 is 11.8 Å². The van der Waals surface area contributed by atoms with Crippen LogP contribution in [0.3, 0.4) is 0 Å². The van der Waals surface area contributed by atoms with E-state index < -0.39 is 0 Å². The van der Waals surface area contributed by atoms with Crippen LogP contribution in [0.4, 0.5) is 0 Å². The SMILES string of the molecule is Cc1ccc2c(CSc3nnc(-c4ccncc4)n3C)cc(=O)oc2c1. The van der Waals surface area contributed by atoms with E-state index in [1.807, 2.05) is 48.9 Å². The summed E-state index contributed by atoms with van der Waals surface area (Å²) in [5, 5.41) is 10.3. The third-order valence-electron chi connectivity index (χ3n) is 4.12. The number of rotatable bonds is 4. The van der Waals surface area contributed by atoms with Gasteiger partial charge in [-0.15, -0.1) is 10.2 Å². The monoisotopic (exact) mass is 364 g/mol. The fraction of sp³-hybridized carbons (Fsp3) is 0.158. The van der Waals surface area contributed by atoms with Gasteiger partial charge in [-0.3, -0.25) is 4.98 Å². The lowest BCUT2D eigenvalue weighted by atomic mass is 10.1. The Morgan fingerprint density at radius 2 is 1.92 bits per heavy atom. The van der Waals surface area contributed by atoms with Crippen LogP contribution in [0.25, 0.3) is 22.4 Å². The van der Waals surface area contributed by atoms with E-state index in [0.717, 1.165) is 33.1 Å². The van der Waals surface area contributed by atoms with Crippen molar-refractivity contribution in [2.75, 3.05) is 0 Å². The van der Waals surface area contributed by atoms with Gasteiger partial charge < -0.3 is 8.98 Å². The molecular formula is C19H16N4O2S. The van der Waals surface area contributed by atoms with Gasteiger partial charge in [0.25, 0.3) is 0 Å². The molecule has 1 aromatic carbocycles. The van der Waals surface area contributed by atoms with Crippen molar-refractivity contribution in [3.63, 3.8) is 0 Å². The van der Waals surface area contributed by atoms with E-state index in [0.29, 0.717) is 11.3 Å². The molecule has 6 nitrogen and oxygen atoms in total. The highest BCUT2D eigenvalue weighted by Crippen LogP contribution is 2.27. The van der Waals surface area contributed by atoms with E-state index in [-0.39, 0.29) is 5.63 Å². The second kappa shape index (κ2) is 6.76. The van der Waals surface area contributed by atoms with Gasteiger partial charge in [0.05, 0.1) is 0 Å². The van der Waals surface area contributed by atoms with Crippen LogP contribution in [0, 0.1) is 6.92 Å². The third kappa shape index (κ3) is 3.13. The largest absolute Gasteiger partial charge is 0.423 e. The Balaban J connectivity index is 1.64.